The first-order valence-corrected chi connectivity index (χ1v) is 16.8. The van der Waals surface area contributed by atoms with Crippen LogP contribution in [0.5, 0.6) is 11.5 Å². The maximum Gasteiger partial charge on any atom is 0.122 e. The van der Waals surface area contributed by atoms with E-state index >= 15 is 0 Å². The van der Waals surface area contributed by atoms with Crippen LogP contribution in [0.1, 0.15) is 165 Å². The minimum atomic E-state index is 0.424. The summed E-state index contributed by atoms with van der Waals surface area (Å²) in [6.45, 7) is 4.55. The van der Waals surface area contributed by atoms with Crippen LogP contribution in [0.4, 0.5) is 0 Å². The van der Waals surface area contributed by atoms with E-state index in [1.807, 2.05) is 12.1 Å². The van der Waals surface area contributed by atoms with Gasteiger partial charge in [-0.1, -0.05) is 166 Å². The Balaban J connectivity index is 1.71. The number of unbranched alkanes of at least 4 members (excludes halogenated alkanes) is 18. The molecule has 0 aliphatic carbocycles. The van der Waals surface area contributed by atoms with Gasteiger partial charge in [0, 0.05) is 6.42 Å². The van der Waals surface area contributed by atoms with Crippen molar-refractivity contribution in [1.82, 2.24) is 0 Å². The molecule has 0 atom stereocenters. The molecule has 0 saturated carbocycles. The lowest BCUT2D eigenvalue weighted by molar-refractivity contribution is 0.453. The first-order valence-electron chi connectivity index (χ1n) is 16.8. The Hall–Kier alpha value is -1.96. The van der Waals surface area contributed by atoms with E-state index in [2.05, 4.69) is 38.1 Å². The van der Waals surface area contributed by atoms with Gasteiger partial charge in [0.2, 0.25) is 0 Å². The largest absolute Gasteiger partial charge is 0.507 e. The van der Waals surface area contributed by atoms with Crippen molar-refractivity contribution < 1.29 is 10.2 Å². The van der Waals surface area contributed by atoms with Crippen LogP contribution in [0.15, 0.2) is 36.4 Å². The molecule has 0 spiro atoms. The molecule has 0 aromatic heterocycles. The van der Waals surface area contributed by atoms with E-state index in [0.29, 0.717) is 17.9 Å². The molecular formula is C37H60O2. The molecule has 0 aliphatic heterocycles. The number of phenols is 2. The molecule has 2 aromatic carbocycles. The molecule has 0 amide bonds. The molecule has 2 aromatic rings. The van der Waals surface area contributed by atoms with Crippen LogP contribution in [0, 0.1) is 0 Å². The van der Waals surface area contributed by atoms with Gasteiger partial charge in [-0.3, -0.25) is 0 Å². The van der Waals surface area contributed by atoms with Gasteiger partial charge in [0.05, 0.1) is 0 Å². The number of hydrogen-bond donors (Lipinski definition) is 2. The van der Waals surface area contributed by atoms with Crippen LogP contribution >= 0.6 is 0 Å². The van der Waals surface area contributed by atoms with Gasteiger partial charge in [-0.25, -0.2) is 0 Å². The Kier molecular flexibility index (Phi) is 18.6. The Morgan fingerprint density at radius 1 is 0.385 bits per heavy atom. The number of phenolic OH excluding ortho intramolecular Hbond substituents is 2. The van der Waals surface area contributed by atoms with Gasteiger partial charge >= 0.3 is 0 Å². The van der Waals surface area contributed by atoms with Crippen molar-refractivity contribution in [2.75, 3.05) is 0 Å². The lowest BCUT2D eigenvalue weighted by Crippen LogP contribution is -1.96. The fraction of sp³-hybridized carbons (Fsp3) is 0.676. The Morgan fingerprint density at radius 2 is 0.667 bits per heavy atom. The summed E-state index contributed by atoms with van der Waals surface area (Å²) in [6.07, 6.45) is 28.9. The van der Waals surface area contributed by atoms with E-state index in [0.717, 1.165) is 47.9 Å². The minimum Gasteiger partial charge on any atom is -0.507 e. The molecule has 2 heteroatoms. The molecule has 2 rings (SSSR count). The first-order chi connectivity index (χ1) is 19.2. The standard InChI is InChI=1S/C37H60O2/c1-3-5-7-9-11-13-15-17-19-21-25-32-27-23-29-34(36(32)38)31-35-30-24-28-33(37(35)39)26-22-20-18-16-14-12-10-8-6-4-2/h23-24,27-30,38-39H,3-22,25-26,31H2,1-2H3. The van der Waals surface area contributed by atoms with E-state index in [4.69, 9.17) is 0 Å². The summed E-state index contributed by atoms with van der Waals surface area (Å²) in [4.78, 5) is 0. The average Bonchev–Trinajstić information content (AvgIpc) is 2.94. The fourth-order valence-electron chi connectivity index (χ4n) is 5.79. The molecule has 0 fully saturated rings. The van der Waals surface area contributed by atoms with E-state index in [9.17, 15) is 10.2 Å². The number of aryl methyl sites for hydroxylation is 2. The van der Waals surface area contributed by atoms with Crippen molar-refractivity contribution >= 4 is 0 Å². The molecule has 0 heterocycles. The maximum absolute atomic E-state index is 11.0. The van der Waals surface area contributed by atoms with Crippen LogP contribution in [-0.4, -0.2) is 10.2 Å². The zero-order valence-electron chi connectivity index (χ0n) is 25.6. The highest BCUT2D eigenvalue weighted by Crippen LogP contribution is 2.31. The third-order valence-corrected chi connectivity index (χ3v) is 8.39. The molecule has 39 heavy (non-hydrogen) atoms. The van der Waals surface area contributed by atoms with Crippen LogP contribution in [0.3, 0.4) is 0 Å². The molecule has 0 unspecified atom stereocenters. The minimum absolute atomic E-state index is 0.424. The van der Waals surface area contributed by atoms with Crippen LogP contribution in [-0.2, 0) is 19.3 Å². The highest BCUT2D eigenvalue weighted by molar-refractivity contribution is 5.47. The SMILES string of the molecule is CCCCCCCCCCCCc1cccc(Cc2cccc(CCCCCCCCCCCC)c2O)c1O. The van der Waals surface area contributed by atoms with Gasteiger partial charge in [0.1, 0.15) is 11.5 Å². The quantitative estimate of drug-likeness (QED) is 0.131. The zero-order chi connectivity index (χ0) is 28.0. The predicted molar refractivity (Wildman–Crippen MR) is 170 cm³/mol. The third kappa shape index (κ3) is 14.3. The summed E-state index contributed by atoms with van der Waals surface area (Å²) in [7, 11) is 0. The number of benzene rings is 2. The Morgan fingerprint density at radius 3 is 1.00 bits per heavy atom. The Labute approximate surface area is 241 Å². The van der Waals surface area contributed by atoms with Crippen molar-refractivity contribution in [3.8, 4) is 11.5 Å². The van der Waals surface area contributed by atoms with E-state index in [-0.39, 0.29) is 0 Å². The molecule has 220 valence electrons. The topological polar surface area (TPSA) is 40.5 Å². The summed E-state index contributed by atoms with van der Waals surface area (Å²) < 4.78 is 0. The maximum atomic E-state index is 11.0. The molecule has 0 aliphatic rings. The Bertz CT molecular complexity index is 800. The van der Waals surface area contributed by atoms with Gasteiger partial charge in [0.25, 0.3) is 0 Å². The summed E-state index contributed by atoms with van der Waals surface area (Å²) in [5.74, 6) is 0.848. The third-order valence-electron chi connectivity index (χ3n) is 8.39. The van der Waals surface area contributed by atoms with Crippen LogP contribution in [0.25, 0.3) is 0 Å². The molecule has 2 N–H and O–H groups in total. The lowest BCUT2D eigenvalue weighted by atomic mass is 9.95. The molecular weight excluding hydrogens is 476 g/mol. The van der Waals surface area contributed by atoms with Gasteiger partial charge in [-0.15, -0.1) is 0 Å². The summed E-state index contributed by atoms with van der Waals surface area (Å²) in [5.41, 5.74) is 3.94. The van der Waals surface area contributed by atoms with Gasteiger partial charge < -0.3 is 10.2 Å². The van der Waals surface area contributed by atoms with Gasteiger partial charge in [-0.2, -0.15) is 0 Å². The lowest BCUT2D eigenvalue weighted by Gasteiger charge is -2.13. The second-order valence-electron chi connectivity index (χ2n) is 11.9. The van der Waals surface area contributed by atoms with Gasteiger partial charge in [-0.05, 0) is 47.9 Å². The highest BCUT2D eigenvalue weighted by atomic mass is 16.3. The molecule has 0 radical (unpaired) electrons. The number of hydrogen-bond acceptors (Lipinski definition) is 2. The summed E-state index contributed by atoms with van der Waals surface area (Å²) >= 11 is 0. The second-order valence-corrected chi connectivity index (χ2v) is 11.9. The van der Waals surface area contributed by atoms with Crippen LogP contribution < -0.4 is 0 Å². The number of para-hydroxylation sites is 2. The highest BCUT2D eigenvalue weighted by Gasteiger charge is 2.12. The number of aromatic hydroxyl groups is 2. The van der Waals surface area contributed by atoms with Crippen molar-refractivity contribution in [3.05, 3.63) is 58.7 Å². The van der Waals surface area contributed by atoms with Gasteiger partial charge in [0.15, 0.2) is 0 Å². The number of rotatable bonds is 24. The monoisotopic (exact) mass is 536 g/mol. The van der Waals surface area contributed by atoms with Crippen molar-refractivity contribution in [2.45, 2.75) is 162 Å². The first kappa shape index (κ1) is 33.2. The van der Waals surface area contributed by atoms with Crippen molar-refractivity contribution in [2.24, 2.45) is 0 Å². The zero-order valence-corrected chi connectivity index (χ0v) is 25.6. The summed E-state index contributed by atoms with van der Waals surface area (Å²) in [5, 5.41) is 22.0. The van der Waals surface area contributed by atoms with E-state index < -0.39 is 0 Å². The van der Waals surface area contributed by atoms with E-state index in [1.165, 1.54) is 116 Å². The van der Waals surface area contributed by atoms with E-state index in [1.54, 1.807) is 0 Å². The fourth-order valence-corrected chi connectivity index (χ4v) is 5.79. The molecule has 0 saturated heterocycles. The summed E-state index contributed by atoms with van der Waals surface area (Å²) in [6, 6.07) is 12.3. The molecule has 0 bridgehead atoms. The predicted octanol–water partition coefficient (Wildman–Crippen LogP) is 11.6. The van der Waals surface area contributed by atoms with Crippen molar-refractivity contribution in [3.63, 3.8) is 0 Å². The van der Waals surface area contributed by atoms with Crippen LogP contribution in [0.2, 0.25) is 0 Å². The molecule has 2 nitrogen and oxygen atoms in total. The average molecular weight is 537 g/mol. The normalized spacial score (nSPS) is 11.3. The second kappa shape index (κ2) is 21.8. The smallest absolute Gasteiger partial charge is 0.122 e. The van der Waals surface area contributed by atoms with Crippen molar-refractivity contribution in [1.29, 1.82) is 0 Å².